The highest BCUT2D eigenvalue weighted by molar-refractivity contribution is 9.10. The molecule has 2 nitrogen and oxygen atoms in total. The monoisotopic (exact) mass is 547 g/mol. The van der Waals surface area contributed by atoms with Crippen molar-refractivity contribution >= 4 is 49.9 Å². The molecular weight excluding hydrogens is 506 g/mol. The topological polar surface area (TPSA) is 23.5 Å². The van der Waals surface area contributed by atoms with E-state index in [1.165, 1.54) is 85.8 Å². The van der Waals surface area contributed by atoms with Crippen LogP contribution in [0.2, 0.25) is 0 Å². The lowest BCUT2D eigenvalue weighted by molar-refractivity contribution is 0.110. The van der Waals surface area contributed by atoms with Crippen LogP contribution in [0.3, 0.4) is 0 Å². The van der Waals surface area contributed by atoms with Gasteiger partial charge in [0, 0.05) is 11.0 Å². The van der Waals surface area contributed by atoms with Gasteiger partial charge < -0.3 is 10.0 Å². The van der Waals surface area contributed by atoms with E-state index >= 15 is 0 Å². The van der Waals surface area contributed by atoms with Gasteiger partial charge in [0.25, 0.3) is 0 Å². The number of hydrogen-bond acceptors (Lipinski definition) is 2. The number of benzene rings is 3. The van der Waals surface area contributed by atoms with Crippen LogP contribution in [0.15, 0.2) is 53.0 Å². The van der Waals surface area contributed by atoms with Gasteiger partial charge in [-0.05, 0) is 65.2 Å². The van der Waals surface area contributed by atoms with E-state index in [4.69, 9.17) is 0 Å². The lowest BCUT2D eigenvalue weighted by Crippen LogP contribution is -2.31. The fraction of sp³-hybridized carbons (Fsp3) is 0.533. The molecule has 4 heteroatoms. The summed E-state index contributed by atoms with van der Waals surface area (Å²) in [5.41, 5.74) is 1.02. The summed E-state index contributed by atoms with van der Waals surface area (Å²) < 4.78 is 1.12. The van der Waals surface area contributed by atoms with Crippen molar-refractivity contribution in [1.82, 2.24) is 4.90 Å². The van der Waals surface area contributed by atoms with Crippen LogP contribution < -0.4 is 0 Å². The second-order valence-electron chi connectivity index (χ2n) is 9.53. The number of fused-ring (bicyclic) bond motifs is 3. The zero-order chi connectivity index (χ0) is 23.5. The van der Waals surface area contributed by atoms with Gasteiger partial charge >= 0.3 is 0 Å². The molecule has 0 aliphatic carbocycles. The summed E-state index contributed by atoms with van der Waals surface area (Å²) in [5, 5.41) is 16.1. The first kappa shape index (κ1) is 29.1. The third-order valence-corrected chi connectivity index (χ3v) is 7.46. The van der Waals surface area contributed by atoms with Crippen molar-refractivity contribution in [2.45, 2.75) is 84.2 Å². The molecule has 34 heavy (non-hydrogen) atoms. The normalized spacial score (nSPS) is 12.4. The first-order valence-electron chi connectivity index (χ1n) is 13.1. The Balaban J connectivity index is 0.00000408. The minimum atomic E-state index is -0.455. The van der Waals surface area contributed by atoms with E-state index in [-0.39, 0.29) is 12.4 Å². The molecule has 1 N–H and O–H groups in total. The lowest BCUT2D eigenvalue weighted by atomic mass is 9.98. The van der Waals surface area contributed by atoms with Gasteiger partial charge in [0.15, 0.2) is 0 Å². The summed E-state index contributed by atoms with van der Waals surface area (Å²) in [6.45, 7) is 7.45. The molecule has 0 saturated heterocycles. The summed E-state index contributed by atoms with van der Waals surface area (Å²) in [4.78, 5) is 2.51. The highest BCUT2D eigenvalue weighted by atomic mass is 79.9. The van der Waals surface area contributed by atoms with Crippen LogP contribution in [-0.4, -0.2) is 29.6 Å². The molecule has 0 amide bonds. The molecule has 3 aromatic rings. The third-order valence-electron chi connectivity index (χ3n) is 6.81. The number of unbranched alkanes of at least 4 members (excludes halogenated alkanes) is 8. The van der Waals surface area contributed by atoms with Crippen LogP contribution >= 0.6 is 28.3 Å². The van der Waals surface area contributed by atoms with Gasteiger partial charge in [-0.1, -0.05) is 118 Å². The minimum absolute atomic E-state index is 0. The molecule has 0 fully saturated rings. The number of rotatable bonds is 15. The van der Waals surface area contributed by atoms with Gasteiger partial charge in [0.2, 0.25) is 0 Å². The summed E-state index contributed by atoms with van der Waals surface area (Å²) in [5.74, 6) is 0. The average molecular weight is 549 g/mol. The molecule has 0 radical (unpaired) electrons. The molecule has 0 bridgehead atoms. The molecule has 1 unspecified atom stereocenters. The number of nitrogens with zero attached hydrogens (tertiary/aromatic N) is 1. The quantitative estimate of drug-likeness (QED) is 0.151. The zero-order valence-corrected chi connectivity index (χ0v) is 23.5. The van der Waals surface area contributed by atoms with E-state index < -0.39 is 6.10 Å². The predicted molar refractivity (Wildman–Crippen MR) is 155 cm³/mol. The Morgan fingerprint density at radius 1 is 0.735 bits per heavy atom. The van der Waals surface area contributed by atoms with E-state index in [1.807, 2.05) is 0 Å². The van der Waals surface area contributed by atoms with Crippen molar-refractivity contribution in [3.05, 3.63) is 58.6 Å². The molecular formula is C30H43BrClNO. The maximum atomic E-state index is 11.2. The highest BCUT2D eigenvalue weighted by Gasteiger charge is 2.15. The Labute approximate surface area is 221 Å². The first-order chi connectivity index (χ1) is 16.1. The lowest BCUT2D eigenvalue weighted by Gasteiger charge is -2.25. The fourth-order valence-electron chi connectivity index (χ4n) is 4.80. The Morgan fingerprint density at radius 2 is 1.32 bits per heavy atom. The van der Waals surface area contributed by atoms with Crippen molar-refractivity contribution in [3.63, 3.8) is 0 Å². The highest BCUT2D eigenvalue weighted by Crippen LogP contribution is 2.33. The maximum absolute atomic E-state index is 11.2. The molecule has 0 spiro atoms. The van der Waals surface area contributed by atoms with Crippen molar-refractivity contribution in [1.29, 1.82) is 0 Å². The van der Waals surface area contributed by atoms with E-state index in [0.717, 1.165) is 29.7 Å². The molecule has 0 aliphatic rings. The summed E-state index contributed by atoms with van der Waals surface area (Å²) in [6, 6.07) is 17.2. The Hall–Kier alpha value is -1.13. The number of hydrogen-bond donors (Lipinski definition) is 1. The van der Waals surface area contributed by atoms with Crippen LogP contribution in [0.1, 0.15) is 89.7 Å². The standard InChI is InChI=1S/C30H42BrNO.ClH/c1-3-5-7-9-13-19-32(20-14-10-8-6-4-2)23-30(33)25-18-17-24-22-29(31)27-16-12-11-15-26(27)28(24)21-25;/h11-12,15-18,21-22,30,33H,3-10,13-14,19-20,23H2,1-2H3;1H. The van der Waals surface area contributed by atoms with Gasteiger partial charge in [-0.15, -0.1) is 12.4 Å². The van der Waals surface area contributed by atoms with Crippen molar-refractivity contribution < 1.29 is 5.11 Å². The minimum Gasteiger partial charge on any atom is -0.387 e. The first-order valence-corrected chi connectivity index (χ1v) is 13.9. The number of aliphatic hydroxyl groups is 1. The Kier molecular flexibility index (Phi) is 13.5. The van der Waals surface area contributed by atoms with E-state index in [0.29, 0.717) is 0 Å². The molecule has 188 valence electrons. The molecule has 3 rings (SSSR count). The predicted octanol–water partition coefficient (Wildman–Crippen LogP) is 9.45. The van der Waals surface area contributed by atoms with E-state index in [1.54, 1.807) is 0 Å². The SMILES string of the molecule is CCCCCCCN(CCCCCCC)CC(O)c1ccc2cc(Br)c3ccccc3c2c1.Cl. The van der Waals surface area contributed by atoms with Gasteiger partial charge in [-0.3, -0.25) is 0 Å². The van der Waals surface area contributed by atoms with Crippen molar-refractivity contribution in [2.75, 3.05) is 19.6 Å². The van der Waals surface area contributed by atoms with Gasteiger partial charge in [0.1, 0.15) is 0 Å². The summed E-state index contributed by atoms with van der Waals surface area (Å²) >= 11 is 3.72. The zero-order valence-electron chi connectivity index (χ0n) is 21.1. The van der Waals surface area contributed by atoms with Gasteiger partial charge in [-0.25, -0.2) is 0 Å². The third kappa shape index (κ3) is 8.52. The van der Waals surface area contributed by atoms with Crippen LogP contribution in [0.4, 0.5) is 0 Å². The second kappa shape index (κ2) is 15.8. The molecule has 0 saturated carbocycles. The van der Waals surface area contributed by atoms with Crippen LogP contribution in [0.25, 0.3) is 21.5 Å². The number of aliphatic hydroxyl groups excluding tert-OH is 1. The van der Waals surface area contributed by atoms with Crippen molar-refractivity contribution in [3.8, 4) is 0 Å². The fourth-order valence-corrected chi connectivity index (χ4v) is 5.40. The van der Waals surface area contributed by atoms with Crippen molar-refractivity contribution in [2.24, 2.45) is 0 Å². The smallest absolute Gasteiger partial charge is 0.0917 e. The van der Waals surface area contributed by atoms with Gasteiger partial charge in [0.05, 0.1) is 6.10 Å². The molecule has 0 aromatic heterocycles. The second-order valence-corrected chi connectivity index (χ2v) is 10.4. The van der Waals surface area contributed by atoms with Crippen LogP contribution in [-0.2, 0) is 0 Å². The van der Waals surface area contributed by atoms with E-state index in [9.17, 15) is 5.11 Å². The van der Waals surface area contributed by atoms with E-state index in [2.05, 4.69) is 83.2 Å². The van der Waals surface area contributed by atoms with Gasteiger partial charge in [-0.2, -0.15) is 0 Å². The summed E-state index contributed by atoms with van der Waals surface area (Å²) in [7, 11) is 0. The van der Waals surface area contributed by atoms with Crippen LogP contribution in [0.5, 0.6) is 0 Å². The molecule has 1 atom stereocenters. The summed E-state index contributed by atoms with van der Waals surface area (Å²) in [6.07, 6.45) is 12.5. The Morgan fingerprint density at radius 3 is 1.94 bits per heavy atom. The maximum Gasteiger partial charge on any atom is 0.0917 e. The molecule has 3 aromatic carbocycles. The largest absolute Gasteiger partial charge is 0.387 e. The Bertz CT molecular complexity index is 978. The molecule has 0 heterocycles. The number of halogens is 2. The van der Waals surface area contributed by atoms with Crippen LogP contribution in [0, 0.1) is 0 Å². The molecule has 0 aliphatic heterocycles. The average Bonchev–Trinajstić information content (AvgIpc) is 2.83.